The van der Waals surface area contributed by atoms with E-state index in [1.807, 2.05) is 60.7 Å². The lowest BCUT2D eigenvalue weighted by Crippen LogP contribution is -2.30. The molecule has 3 heteroatoms. The van der Waals surface area contributed by atoms with Crippen LogP contribution in [0.1, 0.15) is 30.9 Å². The van der Waals surface area contributed by atoms with Crippen LogP contribution in [0.25, 0.3) is 0 Å². The molecule has 1 aliphatic heterocycles. The van der Waals surface area contributed by atoms with Gasteiger partial charge in [0.2, 0.25) is 0 Å². The van der Waals surface area contributed by atoms with Crippen molar-refractivity contribution < 1.29 is 9.53 Å². The van der Waals surface area contributed by atoms with Crippen molar-refractivity contribution >= 4 is 17.7 Å². The van der Waals surface area contributed by atoms with Crippen LogP contribution in [0.5, 0.6) is 0 Å². The molecule has 3 rings (SSSR count). The Labute approximate surface area is 129 Å². The van der Waals surface area contributed by atoms with Gasteiger partial charge in [-0.2, -0.15) is 0 Å². The number of thioether (sulfide) groups is 1. The summed E-state index contributed by atoms with van der Waals surface area (Å²) in [6, 6.07) is 19.9. The highest BCUT2D eigenvalue weighted by Crippen LogP contribution is 2.52. The fraction of sp³-hybridized carbons (Fsp3) is 0.278. The van der Waals surface area contributed by atoms with Gasteiger partial charge in [-0.25, -0.2) is 4.79 Å². The third-order valence-electron chi connectivity index (χ3n) is 3.72. The van der Waals surface area contributed by atoms with Crippen LogP contribution in [-0.4, -0.2) is 11.4 Å². The first kappa shape index (κ1) is 14.2. The summed E-state index contributed by atoms with van der Waals surface area (Å²) >= 11 is 1.63. The Morgan fingerprint density at radius 3 is 2.00 bits per heavy atom. The molecule has 2 aromatic rings. The Morgan fingerprint density at radius 2 is 1.52 bits per heavy atom. The third-order valence-corrected chi connectivity index (χ3v) is 5.31. The van der Waals surface area contributed by atoms with Gasteiger partial charge in [0.1, 0.15) is 5.44 Å². The molecule has 1 aliphatic rings. The molecule has 1 heterocycles. The van der Waals surface area contributed by atoms with Crippen molar-refractivity contribution in [2.45, 2.75) is 29.9 Å². The van der Waals surface area contributed by atoms with Crippen LogP contribution < -0.4 is 0 Å². The minimum Gasteiger partial charge on any atom is -0.450 e. The molecule has 0 saturated carbocycles. The summed E-state index contributed by atoms with van der Waals surface area (Å²) < 4.78 is 4.92. The zero-order chi connectivity index (χ0) is 14.7. The van der Waals surface area contributed by atoms with Crippen LogP contribution in [0.3, 0.4) is 0 Å². The van der Waals surface area contributed by atoms with Crippen LogP contribution >= 0.6 is 11.8 Å². The van der Waals surface area contributed by atoms with Crippen LogP contribution in [0.15, 0.2) is 60.7 Å². The van der Waals surface area contributed by atoms with Crippen molar-refractivity contribution in [1.29, 1.82) is 0 Å². The molecule has 1 unspecified atom stereocenters. The molecule has 1 fully saturated rings. The van der Waals surface area contributed by atoms with E-state index < -0.39 is 4.75 Å². The molecule has 2 aromatic carbocycles. The van der Waals surface area contributed by atoms with E-state index in [0.717, 1.165) is 24.0 Å². The Kier molecular flexibility index (Phi) is 4.02. The normalized spacial score (nSPS) is 20.2. The molecule has 2 nitrogen and oxygen atoms in total. The summed E-state index contributed by atoms with van der Waals surface area (Å²) in [5.41, 5.74) is 1.91. The van der Waals surface area contributed by atoms with Crippen molar-refractivity contribution in [1.82, 2.24) is 0 Å². The smallest absolute Gasteiger partial charge is 0.332 e. The van der Waals surface area contributed by atoms with Crippen molar-refractivity contribution in [3.05, 3.63) is 71.8 Å². The van der Waals surface area contributed by atoms with Gasteiger partial charge in [-0.05, 0) is 17.5 Å². The summed E-state index contributed by atoms with van der Waals surface area (Å²) in [6.45, 7) is 2.11. The first-order valence-electron chi connectivity index (χ1n) is 7.27. The molecule has 0 aliphatic carbocycles. The molecular weight excluding hydrogens is 280 g/mol. The van der Waals surface area contributed by atoms with E-state index in [0.29, 0.717) is 0 Å². The lowest BCUT2D eigenvalue weighted by atomic mass is 9.90. The molecular formula is C18H18O2S. The number of hydrogen-bond acceptors (Lipinski definition) is 3. The number of carbonyl (C=O) groups is 1. The van der Waals surface area contributed by atoms with Gasteiger partial charge in [-0.15, -0.1) is 0 Å². The van der Waals surface area contributed by atoms with Crippen LogP contribution in [0.4, 0.5) is 0 Å². The summed E-state index contributed by atoms with van der Waals surface area (Å²) in [5, 5.41) is 0. The first-order chi connectivity index (χ1) is 10.3. The maximum absolute atomic E-state index is 12.7. The minimum atomic E-state index is -0.734. The SMILES string of the molecule is CCCC1OC(=O)C(c2ccccc2)(c2ccccc2)S1. The summed E-state index contributed by atoms with van der Waals surface area (Å²) in [5.74, 6) is -0.150. The average molecular weight is 298 g/mol. The highest BCUT2D eigenvalue weighted by molar-refractivity contribution is 8.02. The number of ether oxygens (including phenoxy) is 1. The van der Waals surface area contributed by atoms with E-state index in [1.165, 1.54) is 0 Å². The molecule has 0 radical (unpaired) electrons. The third kappa shape index (κ3) is 2.46. The van der Waals surface area contributed by atoms with Crippen molar-refractivity contribution in [2.24, 2.45) is 0 Å². The van der Waals surface area contributed by atoms with E-state index in [-0.39, 0.29) is 11.4 Å². The number of esters is 1. The number of benzene rings is 2. The number of rotatable bonds is 4. The van der Waals surface area contributed by atoms with Crippen LogP contribution in [-0.2, 0) is 14.3 Å². The lowest BCUT2D eigenvalue weighted by Gasteiger charge is -2.25. The second kappa shape index (κ2) is 5.94. The van der Waals surface area contributed by atoms with Crippen LogP contribution in [0.2, 0.25) is 0 Å². The zero-order valence-corrected chi connectivity index (χ0v) is 12.8. The van der Waals surface area contributed by atoms with E-state index in [4.69, 9.17) is 4.74 Å². The second-order valence-corrected chi connectivity index (χ2v) is 6.53. The molecule has 0 amide bonds. The van der Waals surface area contributed by atoms with Gasteiger partial charge in [0.05, 0.1) is 0 Å². The van der Waals surface area contributed by atoms with Crippen molar-refractivity contribution in [2.75, 3.05) is 0 Å². The predicted octanol–water partition coefficient (Wildman–Crippen LogP) is 4.35. The van der Waals surface area contributed by atoms with Gasteiger partial charge in [0.15, 0.2) is 4.75 Å². The van der Waals surface area contributed by atoms with Gasteiger partial charge in [0, 0.05) is 0 Å². The Balaban J connectivity index is 2.11. The monoisotopic (exact) mass is 298 g/mol. The molecule has 0 bridgehead atoms. The largest absolute Gasteiger partial charge is 0.450 e. The molecule has 1 saturated heterocycles. The molecule has 1 atom stereocenters. The highest BCUT2D eigenvalue weighted by Gasteiger charge is 2.52. The maximum atomic E-state index is 12.7. The molecule has 108 valence electrons. The predicted molar refractivity (Wildman–Crippen MR) is 86.0 cm³/mol. The van der Waals surface area contributed by atoms with Gasteiger partial charge >= 0.3 is 5.97 Å². The summed E-state index contributed by atoms with van der Waals surface area (Å²) in [6.07, 6.45) is 1.89. The quantitative estimate of drug-likeness (QED) is 0.785. The van der Waals surface area contributed by atoms with E-state index >= 15 is 0 Å². The number of carbonyl (C=O) groups excluding carboxylic acids is 1. The van der Waals surface area contributed by atoms with E-state index in [1.54, 1.807) is 11.8 Å². The fourth-order valence-electron chi connectivity index (χ4n) is 2.71. The standard InChI is InChI=1S/C18H18O2S/c1-2-9-16-20-17(19)18(21-16,14-10-5-3-6-11-14)15-12-7-4-8-13-15/h3-8,10-13,16H,2,9H2,1H3. The van der Waals surface area contributed by atoms with Gasteiger partial charge in [-0.1, -0.05) is 85.8 Å². The first-order valence-corrected chi connectivity index (χ1v) is 8.15. The van der Waals surface area contributed by atoms with Gasteiger partial charge in [0.25, 0.3) is 0 Å². The number of hydrogen-bond donors (Lipinski definition) is 0. The minimum absolute atomic E-state index is 0.0667. The molecule has 0 N–H and O–H groups in total. The van der Waals surface area contributed by atoms with E-state index in [9.17, 15) is 4.79 Å². The van der Waals surface area contributed by atoms with Crippen LogP contribution in [0, 0.1) is 0 Å². The average Bonchev–Trinajstić information content (AvgIpc) is 2.87. The number of cyclic esters (lactones) is 1. The topological polar surface area (TPSA) is 26.3 Å². The summed E-state index contributed by atoms with van der Waals surface area (Å²) in [4.78, 5) is 12.7. The lowest BCUT2D eigenvalue weighted by molar-refractivity contribution is -0.144. The highest BCUT2D eigenvalue weighted by atomic mass is 32.2. The van der Waals surface area contributed by atoms with Crippen molar-refractivity contribution in [3.63, 3.8) is 0 Å². The Bertz CT molecular complexity index is 570. The second-order valence-electron chi connectivity index (χ2n) is 5.15. The summed E-state index contributed by atoms with van der Waals surface area (Å²) in [7, 11) is 0. The molecule has 21 heavy (non-hydrogen) atoms. The maximum Gasteiger partial charge on any atom is 0.332 e. The van der Waals surface area contributed by atoms with E-state index in [2.05, 4.69) is 6.92 Å². The Hall–Kier alpha value is -1.74. The fourth-order valence-corrected chi connectivity index (χ4v) is 4.28. The van der Waals surface area contributed by atoms with Gasteiger partial charge < -0.3 is 4.74 Å². The molecule has 0 aromatic heterocycles. The Morgan fingerprint density at radius 1 is 1.00 bits per heavy atom. The van der Waals surface area contributed by atoms with Gasteiger partial charge in [-0.3, -0.25) is 0 Å². The van der Waals surface area contributed by atoms with Crippen molar-refractivity contribution in [3.8, 4) is 0 Å². The molecule has 0 spiro atoms. The zero-order valence-electron chi connectivity index (χ0n) is 12.0.